The summed E-state index contributed by atoms with van der Waals surface area (Å²) in [5, 5.41) is 0. The molecule has 4 rings (SSSR count). The summed E-state index contributed by atoms with van der Waals surface area (Å²) >= 11 is 0. The number of aromatic nitrogens is 2. The Labute approximate surface area is 148 Å². The summed E-state index contributed by atoms with van der Waals surface area (Å²) in [7, 11) is 0. The second-order valence-electron chi connectivity index (χ2n) is 6.31. The normalized spacial score (nSPS) is 12.8. The van der Waals surface area contributed by atoms with Gasteiger partial charge in [0.1, 0.15) is 18.6 Å². The molecule has 0 amide bonds. The summed E-state index contributed by atoms with van der Waals surface area (Å²) in [5.74, 6) is 1.19. The molecule has 0 radical (unpaired) electrons. The molecule has 2 heterocycles. The van der Waals surface area contributed by atoms with Gasteiger partial charge in [-0.2, -0.15) is 0 Å². The number of hydrogen-bond donors (Lipinski definition) is 0. The van der Waals surface area contributed by atoms with E-state index in [1.165, 1.54) is 41.2 Å². The zero-order chi connectivity index (χ0) is 15.8. The SMILES string of the molecule is Cc1ccc(-c2c[n+](Cc3ccc(F)cc3)c3n2CCC3)cc1.[Cl-]. The molecule has 3 aromatic rings. The van der Waals surface area contributed by atoms with Crippen LogP contribution in [0.15, 0.2) is 54.7 Å². The molecule has 1 aliphatic heterocycles. The highest BCUT2D eigenvalue weighted by atomic mass is 35.5. The van der Waals surface area contributed by atoms with Gasteiger partial charge >= 0.3 is 0 Å². The highest BCUT2D eigenvalue weighted by molar-refractivity contribution is 5.59. The van der Waals surface area contributed by atoms with Gasteiger partial charge in [0.2, 0.25) is 0 Å². The maximum atomic E-state index is 13.1. The molecule has 0 saturated heterocycles. The molecule has 0 atom stereocenters. The van der Waals surface area contributed by atoms with Gasteiger partial charge in [0.05, 0.1) is 13.0 Å². The molecule has 24 heavy (non-hydrogen) atoms. The van der Waals surface area contributed by atoms with Crippen molar-refractivity contribution in [2.45, 2.75) is 32.9 Å². The largest absolute Gasteiger partial charge is 1.00 e. The van der Waals surface area contributed by atoms with E-state index in [0.29, 0.717) is 0 Å². The van der Waals surface area contributed by atoms with Gasteiger partial charge in [-0.15, -0.1) is 0 Å². The topological polar surface area (TPSA) is 8.81 Å². The van der Waals surface area contributed by atoms with Crippen molar-refractivity contribution in [3.05, 3.63) is 77.5 Å². The lowest BCUT2D eigenvalue weighted by atomic mass is 10.1. The summed E-state index contributed by atoms with van der Waals surface area (Å²) in [6.07, 6.45) is 4.54. The van der Waals surface area contributed by atoms with Crippen molar-refractivity contribution >= 4 is 0 Å². The lowest BCUT2D eigenvalue weighted by Gasteiger charge is -1.99. The van der Waals surface area contributed by atoms with Gasteiger partial charge in [0.25, 0.3) is 5.82 Å². The minimum absolute atomic E-state index is 0. The van der Waals surface area contributed by atoms with E-state index >= 15 is 0 Å². The maximum Gasteiger partial charge on any atom is 0.257 e. The Morgan fingerprint density at radius 2 is 1.75 bits per heavy atom. The zero-order valence-corrected chi connectivity index (χ0v) is 14.4. The third-order valence-electron chi connectivity index (χ3n) is 4.61. The molecule has 0 unspecified atom stereocenters. The third kappa shape index (κ3) is 3.09. The lowest BCUT2D eigenvalue weighted by Crippen LogP contribution is -3.00. The van der Waals surface area contributed by atoms with Gasteiger partial charge in [-0.1, -0.05) is 42.0 Å². The van der Waals surface area contributed by atoms with Crippen molar-refractivity contribution in [2.24, 2.45) is 0 Å². The number of hydrogen-bond acceptors (Lipinski definition) is 0. The van der Waals surface area contributed by atoms with Crippen LogP contribution in [0.25, 0.3) is 11.3 Å². The third-order valence-corrected chi connectivity index (χ3v) is 4.61. The highest BCUT2D eigenvalue weighted by Gasteiger charge is 2.28. The van der Waals surface area contributed by atoms with Crippen LogP contribution >= 0.6 is 0 Å². The fourth-order valence-electron chi connectivity index (χ4n) is 3.39. The molecule has 0 fully saturated rings. The first-order chi connectivity index (χ1) is 11.2. The monoisotopic (exact) mass is 342 g/mol. The quantitative estimate of drug-likeness (QED) is 0.625. The maximum absolute atomic E-state index is 13.1. The van der Waals surface area contributed by atoms with Crippen molar-refractivity contribution in [2.75, 3.05) is 0 Å². The molecule has 1 aliphatic rings. The van der Waals surface area contributed by atoms with E-state index in [2.05, 4.69) is 46.5 Å². The second-order valence-corrected chi connectivity index (χ2v) is 6.31. The van der Waals surface area contributed by atoms with Crippen molar-refractivity contribution in [3.63, 3.8) is 0 Å². The molecule has 0 aliphatic carbocycles. The van der Waals surface area contributed by atoms with Crippen molar-refractivity contribution in [1.29, 1.82) is 0 Å². The van der Waals surface area contributed by atoms with Crippen molar-refractivity contribution in [3.8, 4) is 11.3 Å². The molecular formula is C20H20ClFN2. The lowest BCUT2D eigenvalue weighted by molar-refractivity contribution is -0.694. The molecule has 0 saturated carbocycles. The molecule has 0 N–H and O–H groups in total. The van der Waals surface area contributed by atoms with Crippen LogP contribution in [-0.4, -0.2) is 4.57 Å². The van der Waals surface area contributed by atoms with E-state index < -0.39 is 0 Å². The number of imidazole rings is 1. The first kappa shape index (κ1) is 16.7. The van der Waals surface area contributed by atoms with Crippen LogP contribution in [0.5, 0.6) is 0 Å². The average molecular weight is 343 g/mol. The standard InChI is InChI=1S/C20H20FN2.ClH/c1-15-4-8-17(9-5-15)19-14-22(20-3-2-12-23(19)20)13-16-6-10-18(21)11-7-16;/h4-11,14H,2-3,12-13H2,1H3;1H/q+1;/p-1. The first-order valence-corrected chi connectivity index (χ1v) is 8.14. The van der Waals surface area contributed by atoms with Crippen LogP contribution in [-0.2, 0) is 19.5 Å². The van der Waals surface area contributed by atoms with Gasteiger partial charge < -0.3 is 12.4 Å². The molecule has 2 aromatic carbocycles. The highest BCUT2D eigenvalue weighted by Crippen LogP contribution is 2.25. The second kappa shape index (κ2) is 6.78. The van der Waals surface area contributed by atoms with Gasteiger partial charge in [-0.3, -0.25) is 0 Å². The van der Waals surface area contributed by atoms with Gasteiger partial charge in [0, 0.05) is 5.56 Å². The minimum atomic E-state index is -0.179. The van der Waals surface area contributed by atoms with Gasteiger partial charge in [-0.25, -0.2) is 13.5 Å². The summed E-state index contributed by atoms with van der Waals surface area (Å²) in [6, 6.07) is 15.5. The molecule has 1 aromatic heterocycles. The Balaban J connectivity index is 0.00000169. The van der Waals surface area contributed by atoms with Crippen LogP contribution < -0.4 is 17.0 Å². The van der Waals surface area contributed by atoms with Crippen molar-refractivity contribution in [1.82, 2.24) is 4.57 Å². The first-order valence-electron chi connectivity index (χ1n) is 8.14. The zero-order valence-electron chi connectivity index (χ0n) is 13.7. The molecule has 0 bridgehead atoms. The number of aryl methyl sites for hydroxylation is 1. The molecular weight excluding hydrogens is 323 g/mol. The number of fused-ring (bicyclic) bond motifs is 1. The van der Waals surface area contributed by atoms with E-state index in [1.807, 2.05) is 12.1 Å². The molecule has 124 valence electrons. The Morgan fingerprint density at radius 3 is 2.46 bits per heavy atom. The van der Waals surface area contributed by atoms with Gasteiger partial charge in [-0.05, 0) is 31.0 Å². The Hall–Kier alpha value is -2.13. The Morgan fingerprint density at radius 1 is 1.04 bits per heavy atom. The fraction of sp³-hybridized carbons (Fsp3) is 0.250. The van der Waals surface area contributed by atoms with E-state index in [1.54, 1.807) is 0 Å². The smallest absolute Gasteiger partial charge is 0.257 e. The summed E-state index contributed by atoms with van der Waals surface area (Å²) in [6.45, 7) is 3.98. The van der Waals surface area contributed by atoms with Gasteiger partial charge in [0.15, 0.2) is 5.69 Å². The van der Waals surface area contributed by atoms with Crippen molar-refractivity contribution < 1.29 is 21.4 Å². The number of benzene rings is 2. The van der Waals surface area contributed by atoms with Crippen LogP contribution in [0.4, 0.5) is 4.39 Å². The molecule has 2 nitrogen and oxygen atoms in total. The van der Waals surface area contributed by atoms with Crippen LogP contribution in [0.3, 0.4) is 0 Å². The summed E-state index contributed by atoms with van der Waals surface area (Å²) in [5.41, 5.74) is 4.95. The predicted octanol–water partition coefficient (Wildman–Crippen LogP) is 0.889. The number of nitrogens with zero attached hydrogens (tertiary/aromatic N) is 2. The van der Waals surface area contributed by atoms with E-state index in [9.17, 15) is 4.39 Å². The Kier molecular flexibility index (Phi) is 4.72. The van der Waals surface area contributed by atoms with E-state index in [4.69, 9.17) is 0 Å². The number of halogens is 2. The van der Waals surface area contributed by atoms with Crippen LogP contribution in [0.2, 0.25) is 0 Å². The van der Waals surface area contributed by atoms with Crippen LogP contribution in [0, 0.1) is 12.7 Å². The Bertz CT molecular complexity index is 835. The van der Waals surface area contributed by atoms with Crippen LogP contribution in [0.1, 0.15) is 23.4 Å². The molecule has 0 spiro atoms. The number of rotatable bonds is 3. The fourth-order valence-corrected chi connectivity index (χ4v) is 3.39. The predicted molar refractivity (Wildman–Crippen MR) is 88.6 cm³/mol. The summed E-state index contributed by atoms with van der Waals surface area (Å²) < 4.78 is 17.8. The van der Waals surface area contributed by atoms with E-state index in [-0.39, 0.29) is 18.2 Å². The average Bonchev–Trinajstić information content (AvgIpc) is 3.14. The minimum Gasteiger partial charge on any atom is -1.00 e. The summed E-state index contributed by atoms with van der Waals surface area (Å²) in [4.78, 5) is 0. The molecule has 4 heteroatoms. The van der Waals surface area contributed by atoms with E-state index in [0.717, 1.165) is 25.1 Å².